The molecule has 0 radical (unpaired) electrons. The van der Waals surface area contributed by atoms with Crippen LogP contribution >= 0.6 is 0 Å². The predicted molar refractivity (Wildman–Crippen MR) is 55.7 cm³/mol. The van der Waals surface area contributed by atoms with E-state index in [1.54, 1.807) is 0 Å². The van der Waals surface area contributed by atoms with Crippen LogP contribution in [0.5, 0.6) is 0 Å². The number of ether oxygens (including phenoxy) is 1. The van der Waals surface area contributed by atoms with E-state index in [2.05, 4.69) is 6.92 Å². The largest absolute Gasteiger partial charge is 0.378 e. The highest BCUT2D eigenvalue weighted by molar-refractivity contribution is 4.74. The van der Waals surface area contributed by atoms with E-state index >= 15 is 0 Å². The average Bonchev–Trinajstić information content (AvgIpc) is 2.15. The first-order valence-electron chi connectivity index (χ1n) is 5.70. The molecule has 1 aliphatic rings. The molecule has 2 nitrogen and oxygen atoms in total. The van der Waals surface area contributed by atoms with Gasteiger partial charge in [0.1, 0.15) is 0 Å². The molecular formula is C11H23NO. The maximum absolute atomic E-state index is 5.82. The van der Waals surface area contributed by atoms with Crippen LogP contribution in [0.25, 0.3) is 0 Å². The van der Waals surface area contributed by atoms with Crippen molar-refractivity contribution in [3.05, 3.63) is 0 Å². The van der Waals surface area contributed by atoms with E-state index in [1.807, 2.05) is 0 Å². The Morgan fingerprint density at radius 2 is 1.85 bits per heavy atom. The highest BCUT2D eigenvalue weighted by Gasteiger charge is 2.18. The van der Waals surface area contributed by atoms with Crippen molar-refractivity contribution in [1.82, 2.24) is 0 Å². The van der Waals surface area contributed by atoms with Gasteiger partial charge in [-0.05, 0) is 32.1 Å². The second-order valence-corrected chi connectivity index (χ2v) is 4.11. The molecule has 0 atom stereocenters. The lowest BCUT2D eigenvalue weighted by molar-refractivity contribution is 0.0232. The van der Waals surface area contributed by atoms with Gasteiger partial charge in [0, 0.05) is 12.6 Å². The van der Waals surface area contributed by atoms with E-state index in [0.717, 1.165) is 19.4 Å². The highest BCUT2D eigenvalue weighted by atomic mass is 16.5. The van der Waals surface area contributed by atoms with Crippen LogP contribution in [0.3, 0.4) is 0 Å². The Morgan fingerprint density at radius 3 is 2.46 bits per heavy atom. The molecule has 2 N–H and O–H groups in total. The molecule has 78 valence electrons. The van der Waals surface area contributed by atoms with E-state index in [9.17, 15) is 0 Å². The first-order valence-corrected chi connectivity index (χ1v) is 5.70. The quantitative estimate of drug-likeness (QED) is 0.668. The van der Waals surface area contributed by atoms with E-state index in [-0.39, 0.29) is 0 Å². The number of unbranched alkanes of at least 4 members (excludes halogenated alkanes) is 2. The molecule has 1 rings (SSSR count). The summed E-state index contributed by atoms with van der Waals surface area (Å²) in [4.78, 5) is 0. The standard InChI is InChI=1S/C11H23NO/c1-2-3-4-9-13-11-7-5-10(12)6-8-11/h10-11H,2-9,12H2,1H3. The average molecular weight is 185 g/mol. The van der Waals surface area contributed by atoms with Crippen LogP contribution in [0.1, 0.15) is 51.9 Å². The van der Waals surface area contributed by atoms with Gasteiger partial charge in [-0.1, -0.05) is 19.8 Å². The number of nitrogens with two attached hydrogens (primary N) is 1. The Hall–Kier alpha value is -0.0800. The van der Waals surface area contributed by atoms with Crippen molar-refractivity contribution in [2.45, 2.75) is 64.0 Å². The van der Waals surface area contributed by atoms with Gasteiger partial charge < -0.3 is 10.5 Å². The van der Waals surface area contributed by atoms with E-state index in [1.165, 1.54) is 32.1 Å². The Kier molecular flexibility index (Phi) is 5.40. The molecule has 0 amide bonds. The predicted octanol–water partition coefficient (Wildman–Crippen LogP) is 2.46. The third-order valence-electron chi connectivity index (χ3n) is 2.82. The monoisotopic (exact) mass is 185 g/mol. The molecule has 2 heteroatoms. The minimum absolute atomic E-state index is 0.440. The van der Waals surface area contributed by atoms with Crippen molar-refractivity contribution in [2.75, 3.05) is 6.61 Å². The summed E-state index contributed by atoms with van der Waals surface area (Å²) in [5.74, 6) is 0. The zero-order chi connectivity index (χ0) is 9.52. The summed E-state index contributed by atoms with van der Waals surface area (Å²) in [5, 5.41) is 0. The topological polar surface area (TPSA) is 35.2 Å². The molecule has 0 saturated heterocycles. The van der Waals surface area contributed by atoms with Crippen LogP contribution in [0.15, 0.2) is 0 Å². The Balaban J connectivity index is 1.96. The Morgan fingerprint density at radius 1 is 1.15 bits per heavy atom. The second kappa shape index (κ2) is 6.39. The summed E-state index contributed by atoms with van der Waals surface area (Å²) in [6.45, 7) is 3.17. The smallest absolute Gasteiger partial charge is 0.0576 e. The summed E-state index contributed by atoms with van der Waals surface area (Å²) in [7, 11) is 0. The van der Waals surface area contributed by atoms with Gasteiger partial charge in [0.15, 0.2) is 0 Å². The minimum atomic E-state index is 0.440. The molecule has 0 aromatic rings. The first-order chi connectivity index (χ1) is 6.33. The van der Waals surface area contributed by atoms with Crippen molar-refractivity contribution in [2.24, 2.45) is 5.73 Å². The summed E-state index contributed by atoms with van der Waals surface area (Å²) in [5.41, 5.74) is 5.82. The van der Waals surface area contributed by atoms with Crippen LogP contribution in [-0.4, -0.2) is 18.8 Å². The minimum Gasteiger partial charge on any atom is -0.378 e. The van der Waals surface area contributed by atoms with E-state index < -0.39 is 0 Å². The van der Waals surface area contributed by atoms with Gasteiger partial charge in [-0.15, -0.1) is 0 Å². The molecular weight excluding hydrogens is 162 g/mol. The molecule has 0 bridgehead atoms. The zero-order valence-corrected chi connectivity index (χ0v) is 8.80. The maximum atomic E-state index is 5.82. The third kappa shape index (κ3) is 4.63. The van der Waals surface area contributed by atoms with Crippen molar-refractivity contribution < 1.29 is 4.74 Å². The number of hydrogen-bond donors (Lipinski definition) is 1. The molecule has 0 heterocycles. The summed E-state index contributed by atoms with van der Waals surface area (Å²) in [6, 6.07) is 0.440. The molecule has 0 unspecified atom stereocenters. The van der Waals surface area contributed by atoms with Gasteiger partial charge in [-0.25, -0.2) is 0 Å². The van der Waals surface area contributed by atoms with Gasteiger partial charge in [0.25, 0.3) is 0 Å². The lowest BCUT2D eigenvalue weighted by Gasteiger charge is -2.26. The number of hydrogen-bond acceptors (Lipinski definition) is 2. The molecule has 0 aromatic heterocycles. The van der Waals surface area contributed by atoms with Crippen LogP contribution in [0, 0.1) is 0 Å². The molecule has 0 aliphatic heterocycles. The summed E-state index contributed by atoms with van der Waals surface area (Å²) in [6.07, 6.45) is 8.96. The molecule has 1 aliphatic carbocycles. The van der Waals surface area contributed by atoms with Crippen LogP contribution in [0.2, 0.25) is 0 Å². The van der Waals surface area contributed by atoms with Gasteiger partial charge in [-0.2, -0.15) is 0 Å². The molecule has 1 fully saturated rings. The van der Waals surface area contributed by atoms with Crippen LogP contribution in [-0.2, 0) is 4.74 Å². The molecule has 1 saturated carbocycles. The maximum Gasteiger partial charge on any atom is 0.0576 e. The molecule has 0 aromatic carbocycles. The fourth-order valence-corrected chi connectivity index (χ4v) is 1.86. The zero-order valence-electron chi connectivity index (χ0n) is 8.80. The van der Waals surface area contributed by atoms with Crippen molar-refractivity contribution in [3.8, 4) is 0 Å². The van der Waals surface area contributed by atoms with Crippen LogP contribution < -0.4 is 5.73 Å². The lowest BCUT2D eigenvalue weighted by atomic mass is 9.94. The summed E-state index contributed by atoms with van der Waals surface area (Å²) >= 11 is 0. The fourth-order valence-electron chi connectivity index (χ4n) is 1.86. The van der Waals surface area contributed by atoms with E-state index in [4.69, 9.17) is 10.5 Å². The van der Waals surface area contributed by atoms with E-state index in [0.29, 0.717) is 12.1 Å². The fraction of sp³-hybridized carbons (Fsp3) is 1.00. The number of rotatable bonds is 5. The van der Waals surface area contributed by atoms with Crippen LogP contribution in [0.4, 0.5) is 0 Å². The summed E-state index contributed by atoms with van der Waals surface area (Å²) < 4.78 is 5.78. The Labute approximate surface area is 81.8 Å². The van der Waals surface area contributed by atoms with Gasteiger partial charge in [0.2, 0.25) is 0 Å². The SMILES string of the molecule is CCCCCOC1CCC(N)CC1. The third-order valence-corrected chi connectivity index (χ3v) is 2.82. The first kappa shape index (κ1) is 11.0. The van der Waals surface area contributed by atoms with Gasteiger partial charge in [0.05, 0.1) is 6.10 Å². The second-order valence-electron chi connectivity index (χ2n) is 4.11. The highest BCUT2D eigenvalue weighted by Crippen LogP contribution is 2.19. The van der Waals surface area contributed by atoms with Crippen molar-refractivity contribution in [1.29, 1.82) is 0 Å². The molecule has 0 spiro atoms. The van der Waals surface area contributed by atoms with Gasteiger partial charge >= 0.3 is 0 Å². The normalized spacial score (nSPS) is 29.1. The Bertz CT molecular complexity index is 119. The van der Waals surface area contributed by atoms with Crippen molar-refractivity contribution >= 4 is 0 Å². The van der Waals surface area contributed by atoms with Crippen molar-refractivity contribution in [3.63, 3.8) is 0 Å². The molecule has 13 heavy (non-hydrogen) atoms. The lowest BCUT2D eigenvalue weighted by Crippen LogP contribution is -2.30. The van der Waals surface area contributed by atoms with Gasteiger partial charge in [-0.3, -0.25) is 0 Å².